The van der Waals surface area contributed by atoms with Crippen LogP contribution in [0.1, 0.15) is 35.9 Å². The molecule has 1 heterocycles. The van der Waals surface area contributed by atoms with E-state index >= 15 is 0 Å². The Morgan fingerprint density at radius 1 is 1.57 bits per heavy atom. The van der Waals surface area contributed by atoms with E-state index in [-0.39, 0.29) is 12.3 Å². The van der Waals surface area contributed by atoms with Gasteiger partial charge in [-0.3, -0.25) is 0 Å². The summed E-state index contributed by atoms with van der Waals surface area (Å²) >= 11 is 0. The first-order valence-electron chi connectivity index (χ1n) is 4.56. The topological polar surface area (TPSA) is 64.3 Å². The minimum Gasteiger partial charge on any atom is -0.461 e. The van der Waals surface area contributed by atoms with E-state index in [9.17, 15) is 10.0 Å². The molecule has 0 saturated heterocycles. The van der Waals surface area contributed by atoms with Crippen molar-refractivity contribution in [1.29, 1.82) is 0 Å². The molecule has 0 aliphatic heterocycles. The molecule has 0 aliphatic carbocycles. The van der Waals surface area contributed by atoms with Gasteiger partial charge in [-0.15, -0.1) is 0 Å². The number of aromatic nitrogens is 2. The highest BCUT2D eigenvalue weighted by Gasteiger charge is 2.20. The van der Waals surface area contributed by atoms with Crippen molar-refractivity contribution >= 4 is 5.97 Å². The van der Waals surface area contributed by atoms with Gasteiger partial charge in [-0.05, 0) is 13.8 Å². The molecule has 0 atom stereocenters. The third-order valence-electron chi connectivity index (χ3n) is 1.88. The van der Waals surface area contributed by atoms with E-state index in [1.165, 1.54) is 0 Å². The van der Waals surface area contributed by atoms with Crippen molar-refractivity contribution < 1.29 is 14.7 Å². The fraction of sp³-hybridized carbons (Fsp3) is 0.556. The maximum absolute atomic E-state index is 11.4. The van der Waals surface area contributed by atoms with Gasteiger partial charge in [0.1, 0.15) is 5.82 Å². The number of hydrogen-bond donors (Lipinski definition) is 1. The van der Waals surface area contributed by atoms with Crippen molar-refractivity contribution in [2.45, 2.75) is 27.2 Å². The van der Waals surface area contributed by atoms with E-state index in [1.807, 2.05) is 6.92 Å². The highest BCUT2D eigenvalue weighted by atomic mass is 16.5. The average Bonchev–Trinajstić information content (AvgIpc) is 2.41. The number of hydrogen-bond acceptors (Lipinski definition) is 4. The minimum atomic E-state index is -0.542. The first-order valence-corrected chi connectivity index (χ1v) is 4.56. The second-order valence-electron chi connectivity index (χ2n) is 2.85. The summed E-state index contributed by atoms with van der Waals surface area (Å²) < 4.78 is 5.59. The van der Waals surface area contributed by atoms with Gasteiger partial charge in [0.2, 0.25) is 0 Å². The number of carbonyl (C=O) groups excluding carboxylic acids is 1. The number of aryl methyl sites for hydroxylation is 2. The molecule has 0 aromatic carbocycles. The summed E-state index contributed by atoms with van der Waals surface area (Å²) in [4.78, 5) is 15.4. The Hall–Kier alpha value is -1.52. The molecule has 0 spiro atoms. The third kappa shape index (κ3) is 1.71. The normalized spacial score (nSPS) is 10.2. The molecule has 5 heteroatoms. The molecule has 0 aliphatic rings. The van der Waals surface area contributed by atoms with Crippen molar-refractivity contribution in [3.63, 3.8) is 0 Å². The van der Waals surface area contributed by atoms with Gasteiger partial charge in [0.05, 0.1) is 12.3 Å². The molecule has 1 aromatic heterocycles. The van der Waals surface area contributed by atoms with E-state index in [1.54, 1.807) is 13.8 Å². The zero-order chi connectivity index (χ0) is 10.7. The molecule has 1 aromatic rings. The zero-order valence-corrected chi connectivity index (χ0v) is 8.57. The Morgan fingerprint density at radius 2 is 2.21 bits per heavy atom. The lowest BCUT2D eigenvalue weighted by Gasteiger charge is -2.02. The quantitative estimate of drug-likeness (QED) is 0.585. The monoisotopic (exact) mass is 198 g/mol. The van der Waals surface area contributed by atoms with Crippen LogP contribution in [0.2, 0.25) is 0 Å². The number of ether oxygens (including phenoxy) is 1. The highest BCUT2D eigenvalue weighted by Crippen LogP contribution is 2.11. The van der Waals surface area contributed by atoms with Crippen LogP contribution in [-0.2, 0) is 11.2 Å². The van der Waals surface area contributed by atoms with E-state index in [0.29, 0.717) is 17.9 Å². The van der Waals surface area contributed by atoms with E-state index < -0.39 is 5.97 Å². The molecule has 0 fully saturated rings. The van der Waals surface area contributed by atoms with Crippen LogP contribution in [0, 0.1) is 6.92 Å². The van der Waals surface area contributed by atoms with Crippen LogP contribution < -0.4 is 0 Å². The SMILES string of the molecule is CCOC(=O)c1c(C)nc(CC)n1O. The fourth-order valence-electron chi connectivity index (χ4n) is 1.24. The van der Waals surface area contributed by atoms with Crippen molar-refractivity contribution in [3.8, 4) is 0 Å². The molecule has 0 radical (unpaired) electrons. The van der Waals surface area contributed by atoms with Gasteiger partial charge < -0.3 is 9.94 Å². The van der Waals surface area contributed by atoms with E-state index in [4.69, 9.17) is 4.74 Å². The second-order valence-corrected chi connectivity index (χ2v) is 2.85. The number of imidazole rings is 1. The summed E-state index contributed by atoms with van der Waals surface area (Å²) in [6.07, 6.45) is 0.566. The Balaban J connectivity index is 3.07. The Bertz CT molecular complexity index is 344. The summed E-state index contributed by atoms with van der Waals surface area (Å²) in [6.45, 7) is 5.51. The second kappa shape index (κ2) is 4.13. The first kappa shape index (κ1) is 10.6. The third-order valence-corrected chi connectivity index (χ3v) is 1.88. The summed E-state index contributed by atoms with van der Waals surface area (Å²) in [7, 11) is 0. The maximum Gasteiger partial charge on any atom is 0.360 e. The van der Waals surface area contributed by atoms with Crippen LogP contribution in [0.15, 0.2) is 0 Å². The lowest BCUT2D eigenvalue weighted by molar-refractivity contribution is 0.0471. The lowest BCUT2D eigenvalue weighted by atomic mass is 10.3. The van der Waals surface area contributed by atoms with Crippen molar-refractivity contribution in [2.75, 3.05) is 6.61 Å². The summed E-state index contributed by atoms with van der Waals surface area (Å²) in [5, 5.41) is 9.56. The fourth-order valence-corrected chi connectivity index (χ4v) is 1.24. The largest absolute Gasteiger partial charge is 0.461 e. The standard InChI is InChI=1S/C9H14N2O3/c1-4-7-10-6(3)8(11(7)13)9(12)14-5-2/h13H,4-5H2,1-3H3. The first-order chi connectivity index (χ1) is 6.61. The molecular formula is C9H14N2O3. The zero-order valence-electron chi connectivity index (χ0n) is 8.57. The molecular weight excluding hydrogens is 184 g/mol. The molecule has 0 bridgehead atoms. The van der Waals surface area contributed by atoms with Gasteiger partial charge in [0.15, 0.2) is 5.69 Å². The summed E-state index contributed by atoms with van der Waals surface area (Å²) in [5.74, 6) is -0.0785. The molecule has 1 N–H and O–H groups in total. The number of rotatable bonds is 3. The highest BCUT2D eigenvalue weighted by molar-refractivity contribution is 5.88. The number of nitrogens with zero attached hydrogens (tertiary/aromatic N) is 2. The van der Waals surface area contributed by atoms with Gasteiger partial charge in [-0.2, -0.15) is 4.73 Å². The minimum absolute atomic E-state index is 0.115. The molecule has 5 nitrogen and oxygen atoms in total. The van der Waals surface area contributed by atoms with Gasteiger partial charge in [-0.25, -0.2) is 9.78 Å². The Morgan fingerprint density at radius 3 is 2.64 bits per heavy atom. The van der Waals surface area contributed by atoms with E-state index in [0.717, 1.165) is 4.73 Å². The van der Waals surface area contributed by atoms with Crippen LogP contribution in [0.25, 0.3) is 0 Å². The predicted octanol–water partition coefficient (Wildman–Crippen LogP) is 1.17. The Kier molecular flexibility index (Phi) is 3.11. The van der Waals surface area contributed by atoms with Crippen LogP contribution in [0.4, 0.5) is 0 Å². The van der Waals surface area contributed by atoms with Crippen molar-refractivity contribution in [1.82, 2.24) is 9.71 Å². The van der Waals surface area contributed by atoms with Gasteiger partial charge in [-0.1, -0.05) is 6.92 Å². The predicted molar refractivity (Wildman–Crippen MR) is 49.5 cm³/mol. The summed E-state index contributed by atoms with van der Waals surface area (Å²) in [6, 6.07) is 0. The molecule has 0 unspecified atom stereocenters. The lowest BCUT2D eigenvalue weighted by Crippen LogP contribution is -2.12. The average molecular weight is 198 g/mol. The molecule has 0 amide bonds. The molecule has 78 valence electrons. The van der Waals surface area contributed by atoms with Crippen LogP contribution >= 0.6 is 0 Å². The summed E-state index contributed by atoms with van der Waals surface area (Å²) in [5.41, 5.74) is 0.603. The van der Waals surface area contributed by atoms with Gasteiger partial charge in [0.25, 0.3) is 0 Å². The molecule has 14 heavy (non-hydrogen) atoms. The van der Waals surface area contributed by atoms with Crippen molar-refractivity contribution in [3.05, 3.63) is 17.2 Å². The van der Waals surface area contributed by atoms with Crippen LogP contribution in [0.5, 0.6) is 0 Å². The van der Waals surface area contributed by atoms with Crippen molar-refractivity contribution in [2.24, 2.45) is 0 Å². The van der Waals surface area contributed by atoms with Gasteiger partial charge in [0, 0.05) is 6.42 Å². The van der Waals surface area contributed by atoms with E-state index in [2.05, 4.69) is 4.98 Å². The maximum atomic E-state index is 11.4. The Labute approximate surface area is 82.3 Å². The van der Waals surface area contributed by atoms with Gasteiger partial charge >= 0.3 is 5.97 Å². The number of esters is 1. The van der Waals surface area contributed by atoms with Crippen LogP contribution in [-0.4, -0.2) is 27.5 Å². The smallest absolute Gasteiger partial charge is 0.360 e. The molecule has 0 saturated carbocycles. The van der Waals surface area contributed by atoms with Crippen LogP contribution in [0.3, 0.4) is 0 Å². The number of carbonyl (C=O) groups is 1. The molecule has 1 rings (SSSR count).